The minimum atomic E-state index is -0.281. The van der Waals surface area contributed by atoms with Gasteiger partial charge < -0.3 is 15.0 Å². The molecule has 0 saturated carbocycles. The van der Waals surface area contributed by atoms with Gasteiger partial charge in [0.1, 0.15) is 5.82 Å². The second-order valence-corrected chi connectivity index (χ2v) is 5.69. The summed E-state index contributed by atoms with van der Waals surface area (Å²) in [6.07, 6.45) is 2.60. The lowest BCUT2D eigenvalue weighted by atomic mass is 9.96. The Morgan fingerprint density at radius 3 is 2.76 bits per heavy atom. The van der Waals surface area contributed by atoms with Gasteiger partial charge in [0.15, 0.2) is 0 Å². The molecule has 1 aliphatic heterocycles. The number of nitrogens with zero attached hydrogens (tertiary/aromatic N) is 2. The number of ether oxygens (including phenoxy) is 1. The van der Waals surface area contributed by atoms with Crippen molar-refractivity contribution in [1.82, 2.24) is 15.1 Å². The minimum absolute atomic E-state index is 0.0329. The molecule has 1 fully saturated rings. The highest BCUT2D eigenvalue weighted by Gasteiger charge is 2.28. The molecule has 2 N–H and O–H groups in total. The van der Waals surface area contributed by atoms with E-state index in [1.165, 1.54) is 0 Å². The number of carbonyl (C=O) groups is 2. The summed E-state index contributed by atoms with van der Waals surface area (Å²) in [6, 6.07) is 1.70. The third-order valence-corrected chi connectivity index (χ3v) is 3.42. The SMILES string of the molecule is CC(C)COC(=O)N1CCC(C(=O)Nc2ccn[nH]2)CC1. The van der Waals surface area contributed by atoms with Gasteiger partial charge in [-0.1, -0.05) is 13.8 Å². The number of rotatable bonds is 4. The van der Waals surface area contributed by atoms with Gasteiger partial charge in [0.05, 0.1) is 12.8 Å². The zero-order chi connectivity index (χ0) is 15.2. The number of aromatic amines is 1. The molecule has 7 nitrogen and oxygen atoms in total. The van der Waals surface area contributed by atoms with Gasteiger partial charge in [-0.3, -0.25) is 9.89 Å². The van der Waals surface area contributed by atoms with Crippen LogP contribution < -0.4 is 5.32 Å². The van der Waals surface area contributed by atoms with Gasteiger partial charge in [-0.05, 0) is 18.8 Å². The fourth-order valence-electron chi connectivity index (χ4n) is 2.21. The number of hydrogen-bond donors (Lipinski definition) is 2. The molecule has 0 spiro atoms. The van der Waals surface area contributed by atoms with E-state index in [0.29, 0.717) is 44.3 Å². The Morgan fingerprint density at radius 2 is 2.19 bits per heavy atom. The predicted octanol–water partition coefficient (Wildman–Crippen LogP) is 1.85. The molecule has 116 valence electrons. The largest absolute Gasteiger partial charge is 0.449 e. The van der Waals surface area contributed by atoms with Crippen LogP contribution in [0.4, 0.5) is 10.6 Å². The maximum atomic E-state index is 12.1. The lowest BCUT2D eigenvalue weighted by molar-refractivity contribution is -0.121. The molecule has 2 rings (SSSR count). The van der Waals surface area contributed by atoms with Gasteiger partial charge in [0.25, 0.3) is 0 Å². The summed E-state index contributed by atoms with van der Waals surface area (Å²) in [5.74, 6) is 0.808. The average Bonchev–Trinajstić information content (AvgIpc) is 2.97. The van der Waals surface area contributed by atoms with Crippen LogP contribution in [-0.4, -0.2) is 46.8 Å². The maximum Gasteiger partial charge on any atom is 0.409 e. The van der Waals surface area contributed by atoms with Crippen LogP contribution in [0, 0.1) is 11.8 Å². The van der Waals surface area contributed by atoms with E-state index in [0.717, 1.165) is 0 Å². The molecule has 21 heavy (non-hydrogen) atoms. The van der Waals surface area contributed by atoms with Crippen molar-refractivity contribution in [3.05, 3.63) is 12.3 Å². The summed E-state index contributed by atoms with van der Waals surface area (Å²) >= 11 is 0. The molecule has 2 heterocycles. The Morgan fingerprint density at radius 1 is 1.48 bits per heavy atom. The van der Waals surface area contributed by atoms with E-state index in [-0.39, 0.29) is 17.9 Å². The van der Waals surface area contributed by atoms with E-state index in [9.17, 15) is 9.59 Å². The number of aromatic nitrogens is 2. The molecule has 0 radical (unpaired) electrons. The highest BCUT2D eigenvalue weighted by atomic mass is 16.6. The number of hydrogen-bond acceptors (Lipinski definition) is 4. The first kappa shape index (κ1) is 15.3. The van der Waals surface area contributed by atoms with E-state index < -0.39 is 0 Å². The quantitative estimate of drug-likeness (QED) is 0.887. The lowest BCUT2D eigenvalue weighted by Gasteiger charge is -2.30. The van der Waals surface area contributed by atoms with Crippen LogP contribution in [-0.2, 0) is 9.53 Å². The summed E-state index contributed by atoms with van der Waals surface area (Å²) in [6.45, 7) is 5.54. The number of carbonyl (C=O) groups excluding carboxylic acids is 2. The van der Waals surface area contributed by atoms with Crippen molar-refractivity contribution in [1.29, 1.82) is 0 Å². The third-order valence-electron chi connectivity index (χ3n) is 3.42. The predicted molar refractivity (Wildman–Crippen MR) is 77.7 cm³/mol. The molecule has 1 aromatic rings. The fourth-order valence-corrected chi connectivity index (χ4v) is 2.21. The monoisotopic (exact) mass is 294 g/mol. The molecule has 0 atom stereocenters. The van der Waals surface area contributed by atoms with Crippen LogP contribution in [0.1, 0.15) is 26.7 Å². The van der Waals surface area contributed by atoms with Crippen LogP contribution in [0.3, 0.4) is 0 Å². The van der Waals surface area contributed by atoms with Gasteiger partial charge in [-0.15, -0.1) is 0 Å². The summed E-state index contributed by atoms with van der Waals surface area (Å²) in [5.41, 5.74) is 0. The van der Waals surface area contributed by atoms with Crippen molar-refractivity contribution >= 4 is 17.8 Å². The topological polar surface area (TPSA) is 87.3 Å². The van der Waals surface area contributed by atoms with Crippen molar-refractivity contribution in [3.8, 4) is 0 Å². The molecule has 0 aromatic carbocycles. The minimum Gasteiger partial charge on any atom is -0.449 e. The smallest absolute Gasteiger partial charge is 0.409 e. The summed E-state index contributed by atoms with van der Waals surface area (Å²) in [5, 5.41) is 9.26. The zero-order valence-electron chi connectivity index (χ0n) is 12.5. The van der Waals surface area contributed by atoms with Crippen molar-refractivity contribution in [2.45, 2.75) is 26.7 Å². The van der Waals surface area contributed by atoms with Crippen molar-refractivity contribution in [2.24, 2.45) is 11.8 Å². The Bertz CT molecular complexity index is 465. The Balaban J connectivity index is 1.75. The Hall–Kier alpha value is -2.05. The molecular formula is C14H22N4O3. The first-order valence-corrected chi connectivity index (χ1v) is 7.28. The first-order chi connectivity index (χ1) is 10.1. The van der Waals surface area contributed by atoms with Crippen molar-refractivity contribution < 1.29 is 14.3 Å². The summed E-state index contributed by atoms with van der Waals surface area (Å²) in [4.78, 5) is 25.6. The Kier molecular flexibility index (Phi) is 5.19. The number of piperidine rings is 1. The first-order valence-electron chi connectivity index (χ1n) is 7.28. The third kappa shape index (κ3) is 4.47. The lowest BCUT2D eigenvalue weighted by Crippen LogP contribution is -2.42. The highest BCUT2D eigenvalue weighted by molar-refractivity contribution is 5.91. The molecule has 0 bridgehead atoms. The zero-order valence-corrected chi connectivity index (χ0v) is 12.5. The van der Waals surface area contributed by atoms with Gasteiger partial charge in [0.2, 0.25) is 5.91 Å². The number of likely N-dealkylation sites (tertiary alicyclic amines) is 1. The number of anilines is 1. The van der Waals surface area contributed by atoms with Crippen molar-refractivity contribution in [2.75, 3.05) is 25.0 Å². The van der Waals surface area contributed by atoms with Crippen LogP contribution in [0.15, 0.2) is 12.3 Å². The van der Waals surface area contributed by atoms with Gasteiger partial charge in [0, 0.05) is 25.1 Å². The van der Waals surface area contributed by atoms with Gasteiger partial charge in [-0.2, -0.15) is 5.10 Å². The second-order valence-electron chi connectivity index (χ2n) is 5.69. The molecule has 1 saturated heterocycles. The van der Waals surface area contributed by atoms with Gasteiger partial charge in [-0.25, -0.2) is 4.79 Å². The molecule has 1 aliphatic rings. The number of nitrogens with one attached hydrogen (secondary N) is 2. The van der Waals surface area contributed by atoms with E-state index in [1.807, 2.05) is 13.8 Å². The normalized spacial score (nSPS) is 16.0. The van der Waals surface area contributed by atoms with Crippen LogP contribution >= 0.6 is 0 Å². The molecule has 0 aliphatic carbocycles. The summed E-state index contributed by atoms with van der Waals surface area (Å²) < 4.78 is 5.20. The van der Waals surface area contributed by atoms with Gasteiger partial charge >= 0.3 is 6.09 Å². The van der Waals surface area contributed by atoms with E-state index >= 15 is 0 Å². The number of H-pyrrole nitrogens is 1. The van der Waals surface area contributed by atoms with Crippen LogP contribution in [0.25, 0.3) is 0 Å². The summed E-state index contributed by atoms with van der Waals surface area (Å²) in [7, 11) is 0. The molecule has 2 amide bonds. The van der Waals surface area contributed by atoms with E-state index in [4.69, 9.17) is 4.74 Å². The van der Waals surface area contributed by atoms with E-state index in [2.05, 4.69) is 15.5 Å². The van der Waals surface area contributed by atoms with E-state index in [1.54, 1.807) is 17.2 Å². The molecule has 1 aromatic heterocycles. The fraction of sp³-hybridized carbons (Fsp3) is 0.643. The number of amides is 2. The molecular weight excluding hydrogens is 272 g/mol. The standard InChI is InChI=1S/C14H22N4O3/c1-10(2)9-21-14(20)18-7-4-11(5-8-18)13(19)16-12-3-6-15-17-12/h3,6,10-11H,4-5,7-9H2,1-2H3,(H2,15,16,17,19). The maximum absolute atomic E-state index is 12.1. The second kappa shape index (κ2) is 7.10. The molecule has 7 heteroatoms. The average molecular weight is 294 g/mol. The molecule has 0 unspecified atom stereocenters. The van der Waals surface area contributed by atoms with Crippen LogP contribution in [0.2, 0.25) is 0 Å². The Labute approximate surface area is 124 Å². The van der Waals surface area contributed by atoms with Crippen molar-refractivity contribution in [3.63, 3.8) is 0 Å². The van der Waals surface area contributed by atoms with Crippen LogP contribution in [0.5, 0.6) is 0 Å². The highest BCUT2D eigenvalue weighted by Crippen LogP contribution is 2.19.